The van der Waals surface area contributed by atoms with Crippen LogP contribution in [0.2, 0.25) is 0 Å². The molecule has 1 aromatic rings. The Morgan fingerprint density at radius 3 is 2.50 bits per heavy atom. The number of hydrogen-bond donors (Lipinski definition) is 2. The lowest BCUT2D eigenvalue weighted by atomic mass is 9.93. The van der Waals surface area contributed by atoms with Gasteiger partial charge in [-0.15, -0.1) is 0 Å². The molecule has 1 rings (SSSR count). The van der Waals surface area contributed by atoms with E-state index in [9.17, 15) is 4.79 Å². The molecule has 0 bridgehead atoms. The zero-order valence-electron chi connectivity index (χ0n) is 14.3. The lowest BCUT2D eigenvalue weighted by Crippen LogP contribution is -2.47. The first-order valence-electron chi connectivity index (χ1n) is 8.16. The van der Waals surface area contributed by atoms with Crippen LogP contribution in [0.5, 0.6) is 0 Å². The highest BCUT2D eigenvalue weighted by Crippen LogP contribution is 2.16. The molecular formula is C17H30N4O. The molecule has 0 aromatic carbocycles. The van der Waals surface area contributed by atoms with Crippen molar-refractivity contribution in [2.24, 2.45) is 5.92 Å². The second-order valence-electron chi connectivity index (χ2n) is 5.82. The van der Waals surface area contributed by atoms with Crippen LogP contribution < -0.4 is 10.6 Å². The monoisotopic (exact) mass is 306 g/mol. The highest BCUT2D eigenvalue weighted by Gasteiger charge is 2.20. The van der Waals surface area contributed by atoms with Gasteiger partial charge in [0.2, 0.25) is 0 Å². The van der Waals surface area contributed by atoms with E-state index in [1.165, 1.54) is 0 Å². The minimum Gasteiger partial charge on any atom is -0.338 e. The van der Waals surface area contributed by atoms with Gasteiger partial charge in [0.1, 0.15) is 0 Å². The predicted octanol–water partition coefficient (Wildman–Crippen LogP) is 2.29. The maximum atomic E-state index is 11.9. The van der Waals surface area contributed by atoms with E-state index in [1.54, 1.807) is 6.20 Å². The van der Waals surface area contributed by atoms with E-state index in [0.717, 1.165) is 25.0 Å². The Labute approximate surface area is 134 Å². The third-order valence-corrected chi connectivity index (χ3v) is 4.12. The van der Waals surface area contributed by atoms with Crippen LogP contribution in [0.4, 0.5) is 4.79 Å². The van der Waals surface area contributed by atoms with Gasteiger partial charge in [0.25, 0.3) is 0 Å². The molecular weight excluding hydrogens is 276 g/mol. The topological polar surface area (TPSA) is 57.3 Å². The molecule has 1 heterocycles. The molecule has 0 saturated heterocycles. The van der Waals surface area contributed by atoms with Crippen LogP contribution in [0.25, 0.3) is 0 Å². The minimum absolute atomic E-state index is 0.103. The van der Waals surface area contributed by atoms with Gasteiger partial charge < -0.3 is 15.5 Å². The van der Waals surface area contributed by atoms with Crippen molar-refractivity contribution in [3.63, 3.8) is 0 Å². The van der Waals surface area contributed by atoms with Gasteiger partial charge in [-0.2, -0.15) is 0 Å². The van der Waals surface area contributed by atoms with E-state index in [-0.39, 0.29) is 6.03 Å². The summed E-state index contributed by atoms with van der Waals surface area (Å²) in [5.41, 5.74) is 0.992. The summed E-state index contributed by atoms with van der Waals surface area (Å²) >= 11 is 0. The number of aromatic nitrogens is 1. The fourth-order valence-corrected chi connectivity index (χ4v) is 2.71. The number of carbonyl (C=O) groups is 1. The van der Waals surface area contributed by atoms with Crippen LogP contribution in [0.1, 0.15) is 32.4 Å². The summed E-state index contributed by atoms with van der Waals surface area (Å²) in [5.74, 6) is 0.601. The standard InChI is InChI=1S/C17H30N4O/c1-5-14(6-2)16(21(3)4)13-20-17(22)19-12-10-15-9-7-8-11-18-15/h7-9,11,14,16H,5-6,10,12-13H2,1-4H3,(H2,19,20,22)/t16-/m1/s1. The molecule has 5 heteroatoms. The summed E-state index contributed by atoms with van der Waals surface area (Å²) in [5, 5.41) is 5.88. The van der Waals surface area contributed by atoms with Crippen LogP contribution in [-0.4, -0.2) is 49.1 Å². The van der Waals surface area contributed by atoms with Gasteiger partial charge in [-0.05, 0) is 32.1 Å². The Bertz CT molecular complexity index is 418. The fourth-order valence-electron chi connectivity index (χ4n) is 2.71. The second kappa shape index (κ2) is 10.2. The molecule has 0 aliphatic heterocycles. The first-order valence-corrected chi connectivity index (χ1v) is 8.16. The number of nitrogens with one attached hydrogen (secondary N) is 2. The maximum Gasteiger partial charge on any atom is 0.314 e. The van der Waals surface area contributed by atoms with E-state index < -0.39 is 0 Å². The quantitative estimate of drug-likeness (QED) is 0.736. The number of likely N-dealkylation sites (N-methyl/N-ethyl adjacent to an activating group) is 1. The van der Waals surface area contributed by atoms with Crippen molar-refractivity contribution in [1.29, 1.82) is 0 Å². The zero-order valence-corrected chi connectivity index (χ0v) is 14.3. The van der Waals surface area contributed by atoms with Crippen LogP contribution in [0, 0.1) is 5.92 Å². The largest absolute Gasteiger partial charge is 0.338 e. The predicted molar refractivity (Wildman–Crippen MR) is 90.9 cm³/mol. The van der Waals surface area contributed by atoms with Crippen LogP contribution in [-0.2, 0) is 6.42 Å². The van der Waals surface area contributed by atoms with Crippen LogP contribution >= 0.6 is 0 Å². The van der Waals surface area contributed by atoms with Gasteiger partial charge in [0.15, 0.2) is 0 Å². The third-order valence-electron chi connectivity index (χ3n) is 4.12. The van der Waals surface area contributed by atoms with Crippen LogP contribution in [0.3, 0.4) is 0 Å². The lowest BCUT2D eigenvalue weighted by molar-refractivity contribution is 0.191. The van der Waals surface area contributed by atoms with E-state index in [2.05, 4.69) is 48.5 Å². The Kier molecular flexibility index (Phi) is 8.51. The molecule has 0 saturated carbocycles. The molecule has 2 amide bonds. The van der Waals surface area contributed by atoms with Gasteiger partial charge in [-0.1, -0.05) is 32.8 Å². The van der Waals surface area contributed by atoms with Crippen molar-refractivity contribution < 1.29 is 4.79 Å². The van der Waals surface area contributed by atoms with Crippen molar-refractivity contribution in [3.8, 4) is 0 Å². The summed E-state index contributed by atoms with van der Waals surface area (Å²) in [7, 11) is 4.15. The summed E-state index contributed by atoms with van der Waals surface area (Å²) in [4.78, 5) is 18.3. The molecule has 1 atom stereocenters. The molecule has 124 valence electrons. The number of nitrogens with zero attached hydrogens (tertiary/aromatic N) is 2. The van der Waals surface area contributed by atoms with Gasteiger partial charge in [0, 0.05) is 37.4 Å². The van der Waals surface area contributed by atoms with E-state index in [0.29, 0.717) is 25.0 Å². The Morgan fingerprint density at radius 2 is 1.95 bits per heavy atom. The number of hydrogen-bond acceptors (Lipinski definition) is 3. The summed E-state index contributed by atoms with van der Waals surface area (Å²) in [6.07, 6.45) is 4.77. The third kappa shape index (κ3) is 6.43. The summed E-state index contributed by atoms with van der Waals surface area (Å²) in [6, 6.07) is 6.09. The number of urea groups is 1. The summed E-state index contributed by atoms with van der Waals surface area (Å²) in [6.45, 7) is 5.68. The molecule has 0 spiro atoms. The van der Waals surface area contributed by atoms with Gasteiger partial charge in [-0.3, -0.25) is 4.98 Å². The van der Waals surface area contributed by atoms with Crippen molar-refractivity contribution >= 4 is 6.03 Å². The molecule has 22 heavy (non-hydrogen) atoms. The van der Waals surface area contributed by atoms with Crippen molar-refractivity contribution in [1.82, 2.24) is 20.5 Å². The second-order valence-corrected chi connectivity index (χ2v) is 5.82. The Morgan fingerprint density at radius 1 is 1.23 bits per heavy atom. The zero-order chi connectivity index (χ0) is 16.4. The number of carbonyl (C=O) groups excluding carboxylic acids is 1. The van der Waals surface area contributed by atoms with E-state index in [4.69, 9.17) is 0 Å². The highest BCUT2D eigenvalue weighted by molar-refractivity contribution is 5.73. The molecule has 0 aliphatic carbocycles. The lowest BCUT2D eigenvalue weighted by Gasteiger charge is -2.31. The molecule has 0 fully saturated rings. The smallest absolute Gasteiger partial charge is 0.314 e. The van der Waals surface area contributed by atoms with Gasteiger partial charge in [-0.25, -0.2) is 4.79 Å². The average molecular weight is 306 g/mol. The van der Waals surface area contributed by atoms with Crippen LogP contribution in [0.15, 0.2) is 24.4 Å². The Balaban J connectivity index is 2.31. The number of rotatable bonds is 9. The average Bonchev–Trinajstić information content (AvgIpc) is 2.52. The molecule has 2 N–H and O–H groups in total. The minimum atomic E-state index is -0.103. The first kappa shape index (κ1) is 18.4. The molecule has 0 aliphatic rings. The van der Waals surface area contributed by atoms with Gasteiger partial charge in [0.05, 0.1) is 0 Å². The highest BCUT2D eigenvalue weighted by atomic mass is 16.2. The summed E-state index contributed by atoms with van der Waals surface area (Å²) < 4.78 is 0. The fraction of sp³-hybridized carbons (Fsp3) is 0.647. The van der Waals surface area contributed by atoms with Crippen molar-refractivity contribution in [3.05, 3.63) is 30.1 Å². The molecule has 0 unspecified atom stereocenters. The number of pyridine rings is 1. The van der Waals surface area contributed by atoms with Crippen molar-refractivity contribution in [2.75, 3.05) is 27.2 Å². The van der Waals surface area contributed by atoms with Gasteiger partial charge >= 0.3 is 6.03 Å². The Hall–Kier alpha value is -1.62. The first-order chi connectivity index (χ1) is 10.6. The normalized spacial score (nSPS) is 12.5. The SMILES string of the molecule is CCC(CC)[C@@H](CNC(=O)NCCc1ccccn1)N(C)C. The van der Waals surface area contributed by atoms with E-state index in [1.807, 2.05) is 18.2 Å². The molecule has 0 radical (unpaired) electrons. The van der Waals surface area contributed by atoms with E-state index >= 15 is 0 Å². The maximum absolute atomic E-state index is 11.9. The molecule has 1 aromatic heterocycles. The number of amides is 2. The molecule has 5 nitrogen and oxygen atoms in total. The van der Waals surface area contributed by atoms with Crippen molar-refractivity contribution in [2.45, 2.75) is 39.2 Å².